The quantitative estimate of drug-likeness (QED) is 0.734. The van der Waals surface area contributed by atoms with Crippen LogP contribution < -0.4 is 4.31 Å². The lowest BCUT2D eigenvalue weighted by Crippen LogP contribution is -2.47. The van der Waals surface area contributed by atoms with Gasteiger partial charge in [0.05, 0.1) is 29.5 Å². The van der Waals surface area contributed by atoms with E-state index in [0.717, 1.165) is 6.42 Å². The van der Waals surface area contributed by atoms with Gasteiger partial charge in [0.2, 0.25) is 20.0 Å². The molecule has 0 saturated carbocycles. The fourth-order valence-corrected chi connectivity index (χ4v) is 6.95. The molecular weight excluding hydrogens is 392 g/mol. The fourth-order valence-electron chi connectivity index (χ4n) is 3.87. The van der Waals surface area contributed by atoms with Crippen LogP contribution in [0.5, 0.6) is 0 Å². The van der Waals surface area contributed by atoms with E-state index in [1.165, 1.54) is 20.7 Å². The van der Waals surface area contributed by atoms with Crippen LogP contribution in [0.2, 0.25) is 0 Å². The number of nitrogens with zero attached hydrogens (tertiary/aromatic N) is 2. The average molecular weight is 417 g/mol. The van der Waals surface area contributed by atoms with Crippen LogP contribution in [0, 0.1) is 0 Å². The van der Waals surface area contributed by atoms with Gasteiger partial charge >= 0.3 is 0 Å². The summed E-state index contributed by atoms with van der Waals surface area (Å²) in [5.41, 5.74) is 0.513. The van der Waals surface area contributed by atoms with Gasteiger partial charge in [0.25, 0.3) is 0 Å². The minimum Gasteiger partial charge on any atom is -0.347 e. The number of piperidine rings is 1. The van der Waals surface area contributed by atoms with Gasteiger partial charge in [-0.25, -0.2) is 16.8 Å². The number of hydrogen-bond donors (Lipinski definition) is 0. The summed E-state index contributed by atoms with van der Waals surface area (Å²) in [6.07, 6.45) is 2.49. The Bertz CT molecular complexity index is 882. The third-order valence-corrected chi connectivity index (χ3v) is 9.19. The van der Waals surface area contributed by atoms with E-state index < -0.39 is 25.8 Å². The van der Waals surface area contributed by atoms with Gasteiger partial charge in [0, 0.05) is 32.5 Å². The molecule has 0 radical (unpaired) electrons. The molecular formula is C17H24N2O6S2. The Morgan fingerprint density at radius 1 is 0.926 bits per heavy atom. The fraction of sp³-hybridized carbons (Fsp3) is 0.647. The molecule has 27 heavy (non-hydrogen) atoms. The predicted molar refractivity (Wildman–Crippen MR) is 99.4 cm³/mol. The number of ether oxygens (including phenoxy) is 2. The zero-order chi connectivity index (χ0) is 19.1. The second-order valence-corrected chi connectivity index (χ2v) is 11.1. The summed E-state index contributed by atoms with van der Waals surface area (Å²) in [5.74, 6) is -0.495. The Morgan fingerprint density at radius 3 is 2.15 bits per heavy atom. The lowest BCUT2D eigenvalue weighted by molar-refractivity contribution is -0.179. The SMILES string of the molecule is O=S1(=O)CCCCN1c1ccc(S(=O)(=O)N2CCC3(CC2)OCCO3)cc1. The first-order valence-electron chi connectivity index (χ1n) is 9.21. The molecule has 0 unspecified atom stereocenters. The molecule has 1 aromatic carbocycles. The van der Waals surface area contributed by atoms with Gasteiger partial charge in [-0.2, -0.15) is 4.31 Å². The zero-order valence-electron chi connectivity index (χ0n) is 15.0. The summed E-state index contributed by atoms with van der Waals surface area (Å²) in [6.45, 7) is 2.21. The van der Waals surface area contributed by atoms with E-state index in [1.54, 1.807) is 12.1 Å². The third-order valence-electron chi connectivity index (χ3n) is 5.41. The molecule has 3 aliphatic heterocycles. The Hall–Kier alpha value is -1.20. The summed E-state index contributed by atoms with van der Waals surface area (Å²) in [7, 11) is -6.94. The van der Waals surface area contributed by atoms with Gasteiger partial charge in [-0.15, -0.1) is 0 Å². The van der Waals surface area contributed by atoms with Crippen LogP contribution in [0.25, 0.3) is 0 Å². The lowest BCUT2D eigenvalue weighted by Gasteiger charge is -2.36. The highest BCUT2D eigenvalue weighted by Crippen LogP contribution is 2.34. The van der Waals surface area contributed by atoms with Crippen molar-refractivity contribution in [1.82, 2.24) is 4.31 Å². The molecule has 3 aliphatic rings. The van der Waals surface area contributed by atoms with E-state index in [4.69, 9.17) is 9.47 Å². The van der Waals surface area contributed by atoms with Gasteiger partial charge in [0.15, 0.2) is 5.79 Å². The zero-order valence-corrected chi connectivity index (χ0v) is 16.7. The summed E-state index contributed by atoms with van der Waals surface area (Å²) in [6, 6.07) is 6.12. The van der Waals surface area contributed by atoms with Crippen molar-refractivity contribution in [2.24, 2.45) is 0 Å². The number of anilines is 1. The van der Waals surface area contributed by atoms with Crippen molar-refractivity contribution in [2.75, 3.05) is 42.9 Å². The van der Waals surface area contributed by atoms with Crippen molar-refractivity contribution in [3.8, 4) is 0 Å². The molecule has 150 valence electrons. The minimum absolute atomic E-state index is 0.132. The van der Waals surface area contributed by atoms with E-state index >= 15 is 0 Å². The molecule has 0 amide bonds. The summed E-state index contributed by atoms with van der Waals surface area (Å²) in [4.78, 5) is 0.171. The summed E-state index contributed by atoms with van der Waals surface area (Å²) < 4.78 is 64.4. The predicted octanol–water partition coefficient (Wildman–Crippen LogP) is 1.14. The second kappa shape index (κ2) is 7.00. The highest BCUT2D eigenvalue weighted by Gasteiger charge is 2.42. The van der Waals surface area contributed by atoms with Crippen LogP contribution in [-0.4, -0.2) is 65.5 Å². The van der Waals surface area contributed by atoms with E-state index in [1.807, 2.05) is 0 Å². The lowest BCUT2D eigenvalue weighted by atomic mass is 10.1. The highest BCUT2D eigenvalue weighted by molar-refractivity contribution is 7.92. The number of sulfonamides is 2. The molecule has 0 aliphatic carbocycles. The first-order chi connectivity index (χ1) is 12.8. The van der Waals surface area contributed by atoms with E-state index in [2.05, 4.69) is 0 Å². The minimum atomic E-state index is -3.63. The molecule has 0 N–H and O–H groups in total. The highest BCUT2D eigenvalue weighted by atomic mass is 32.2. The maximum Gasteiger partial charge on any atom is 0.243 e. The molecule has 1 aromatic rings. The van der Waals surface area contributed by atoms with Gasteiger partial charge in [-0.05, 0) is 37.1 Å². The van der Waals surface area contributed by atoms with Crippen molar-refractivity contribution in [3.63, 3.8) is 0 Å². The maximum absolute atomic E-state index is 12.9. The number of rotatable bonds is 3. The first kappa shape index (κ1) is 19.1. The molecule has 4 rings (SSSR count). The molecule has 3 heterocycles. The largest absolute Gasteiger partial charge is 0.347 e. The smallest absolute Gasteiger partial charge is 0.243 e. The molecule has 0 aromatic heterocycles. The van der Waals surface area contributed by atoms with Crippen molar-refractivity contribution < 1.29 is 26.3 Å². The molecule has 0 bridgehead atoms. The van der Waals surface area contributed by atoms with Gasteiger partial charge in [-0.1, -0.05) is 0 Å². The Kier molecular flexibility index (Phi) is 4.96. The van der Waals surface area contributed by atoms with E-state index in [-0.39, 0.29) is 10.6 Å². The molecule has 1 spiro atoms. The van der Waals surface area contributed by atoms with Crippen LogP contribution in [0.4, 0.5) is 5.69 Å². The molecule has 3 saturated heterocycles. The molecule has 8 nitrogen and oxygen atoms in total. The number of benzene rings is 1. The van der Waals surface area contributed by atoms with Crippen molar-refractivity contribution in [3.05, 3.63) is 24.3 Å². The standard InChI is InChI=1S/C17H24N2O6S2/c20-26(21)14-2-1-9-19(26)15-3-5-16(6-4-15)27(22,23)18-10-7-17(8-11-18)24-12-13-25-17/h3-6H,1-2,7-14H2. The number of hydrogen-bond acceptors (Lipinski definition) is 6. The Balaban J connectivity index is 1.49. The van der Waals surface area contributed by atoms with Crippen LogP contribution in [0.1, 0.15) is 25.7 Å². The monoisotopic (exact) mass is 416 g/mol. The van der Waals surface area contributed by atoms with Crippen molar-refractivity contribution >= 4 is 25.7 Å². The summed E-state index contributed by atoms with van der Waals surface area (Å²) in [5, 5.41) is 0. The van der Waals surface area contributed by atoms with E-state index in [0.29, 0.717) is 57.8 Å². The molecule has 0 atom stereocenters. The molecule has 10 heteroatoms. The Labute approximate surface area is 160 Å². The van der Waals surface area contributed by atoms with Crippen LogP contribution in [-0.2, 0) is 29.5 Å². The Morgan fingerprint density at radius 2 is 1.56 bits per heavy atom. The van der Waals surface area contributed by atoms with Crippen molar-refractivity contribution in [1.29, 1.82) is 0 Å². The summed E-state index contributed by atoms with van der Waals surface area (Å²) >= 11 is 0. The van der Waals surface area contributed by atoms with Gasteiger partial charge in [-0.3, -0.25) is 4.31 Å². The first-order valence-corrected chi connectivity index (χ1v) is 12.3. The van der Waals surface area contributed by atoms with Gasteiger partial charge in [0.1, 0.15) is 0 Å². The second-order valence-electron chi connectivity index (χ2n) is 7.10. The normalized spacial score (nSPS) is 25.7. The van der Waals surface area contributed by atoms with Crippen LogP contribution in [0.15, 0.2) is 29.2 Å². The maximum atomic E-state index is 12.9. The van der Waals surface area contributed by atoms with Crippen LogP contribution >= 0.6 is 0 Å². The topological polar surface area (TPSA) is 93.2 Å². The third kappa shape index (κ3) is 3.61. The van der Waals surface area contributed by atoms with Crippen LogP contribution in [0.3, 0.4) is 0 Å². The van der Waals surface area contributed by atoms with Crippen molar-refractivity contribution in [2.45, 2.75) is 36.4 Å². The van der Waals surface area contributed by atoms with Gasteiger partial charge < -0.3 is 9.47 Å². The molecule has 3 fully saturated rings. The van der Waals surface area contributed by atoms with E-state index in [9.17, 15) is 16.8 Å². The average Bonchev–Trinajstić information content (AvgIpc) is 3.10.